The van der Waals surface area contributed by atoms with Gasteiger partial charge < -0.3 is 19.9 Å². The van der Waals surface area contributed by atoms with Gasteiger partial charge in [0, 0.05) is 12.2 Å². The number of carbonyl (C=O) groups excluding carboxylic acids is 1. The Labute approximate surface area is 129 Å². The Morgan fingerprint density at radius 1 is 1.50 bits per heavy atom. The molecule has 120 valence electrons. The van der Waals surface area contributed by atoms with E-state index < -0.39 is 17.9 Å². The molecule has 2 rings (SSSR count). The van der Waals surface area contributed by atoms with E-state index in [1.165, 1.54) is 0 Å². The number of benzene rings is 1. The first-order chi connectivity index (χ1) is 10.6. The number of carboxylic acid groups (broad SMARTS) is 1. The van der Waals surface area contributed by atoms with Crippen LogP contribution in [0, 0.1) is 0 Å². The molecule has 2 N–H and O–H groups in total. The number of aliphatic carboxylic acids is 1. The summed E-state index contributed by atoms with van der Waals surface area (Å²) in [7, 11) is 0. The lowest BCUT2D eigenvalue weighted by Gasteiger charge is -2.14. The molecule has 1 aromatic carbocycles. The first-order valence-electron chi connectivity index (χ1n) is 7.48. The summed E-state index contributed by atoms with van der Waals surface area (Å²) in [6.07, 6.45) is 2.46. The first-order valence-corrected chi connectivity index (χ1v) is 7.48. The van der Waals surface area contributed by atoms with Gasteiger partial charge in [-0.15, -0.1) is 0 Å². The Morgan fingerprint density at radius 3 is 2.95 bits per heavy atom. The Morgan fingerprint density at radius 2 is 2.32 bits per heavy atom. The molecular formula is C16H21NO5. The lowest BCUT2D eigenvalue weighted by atomic mass is 10.1. The minimum absolute atomic E-state index is 0.106. The van der Waals surface area contributed by atoms with Crippen LogP contribution in [-0.4, -0.2) is 42.3 Å². The van der Waals surface area contributed by atoms with Crippen LogP contribution in [0.5, 0.6) is 5.75 Å². The molecule has 1 amide bonds. The molecule has 0 saturated carbocycles. The van der Waals surface area contributed by atoms with Gasteiger partial charge in [-0.1, -0.05) is 13.0 Å². The summed E-state index contributed by atoms with van der Waals surface area (Å²) in [4.78, 5) is 23.0. The van der Waals surface area contributed by atoms with Crippen molar-refractivity contribution < 1.29 is 24.2 Å². The summed E-state index contributed by atoms with van der Waals surface area (Å²) in [5.74, 6) is -0.884. The van der Waals surface area contributed by atoms with E-state index in [1.807, 2.05) is 0 Å². The van der Waals surface area contributed by atoms with Gasteiger partial charge >= 0.3 is 5.97 Å². The van der Waals surface area contributed by atoms with Crippen molar-refractivity contribution in [3.8, 4) is 5.75 Å². The third kappa shape index (κ3) is 4.46. The summed E-state index contributed by atoms with van der Waals surface area (Å²) in [6.45, 7) is 2.93. The van der Waals surface area contributed by atoms with Crippen molar-refractivity contribution >= 4 is 11.9 Å². The second-order valence-electron chi connectivity index (χ2n) is 5.25. The van der Waals surface area contributed by atoms with E-state index in [4.69, 9.17) is 14.6 Å². The van der Waals surface area contributed by atoms with Gasteiger partial charge in [-0.05, 0) is 37.5 Å². The van der Waals surface area contributed by atoms with Crippen LogP contribution in [0.3, 0.4) is 0 Å². The highest BCUT2D eigenvalue weighted by Gasteiger charge is 2.19. The molecule has 6 heteroatoms. The topological polar surface area (TPSA) is 84.9 Å². The first kappa shape index (κ1) is 16.3. The number of carbonyl (C=O) groups is 2. The highest BCUT2D eigenvalue weighted by Crippen LogP contribution is 2.17. The van der Waals surface area contributed by atoms with E-state index in [-0.39, 0.29) is 6.10 Å². The van der Waals surface area contributed by atoms with Gasteiger partial charge in [0.1, 0.15) is 18.4 Å². The predicted octanol–water partition coefficient (Wildman–Crippen LogP) is 1.84. The zero-order chi connectivity index (χ0) is 15.9. The van der Waals surface area contributed by atoms with Crippen molar-refractivity contribution in [2.45, 2.75) is 38.3 Å². The van der Waals surface area contributed by atoms with Crippen LogP contribution in [0.2, 0.25) is 0 Å². The van der Waals surface area contributed by atoms with E-state index in [2.05, 4.69) is 5.32 Å². The highest BCUT2D eigenvalue weighted by molar-refractivity contribution is 5.96. The molecule has 0 radical (unpaired) electrons. The van der Waals surface area contributed by atoms with Crippen molar-refractivity contribution in [3.63, 3.8) is 0 Å². The molecule has 1 aliphatic heterocycles. The summed E-state index contributed by atoms with van der Waals surface area (Å²) in [5, 5.41) is 11.5. The molecule has 0 aliphatic carbocycles. The summed E-state index contributed by atoms with van der Waals surface area (Å²) < 4.78 is 11.1. The fourth-order valence-corrected chi connectivity index (χ4v) is 2.27. The van der Waals surface area contributed by atoms with Gasteiger partial charge in [-0.25, -0.2) is 4.79 Å². The minimum atomic E-state index is -1.04. The van der Waals surface area contributed by atoms with E-state index >= 15 is 0 Å². The highest BCUT2D eigenvalue weighted by atomic mass is 16.5. The number of ether oxygens (including phenoxy) is 2. The van der Waals surface area contributed by atoms with Crippen LogP contribution in [-0.2, 0) is 9.53 Å². The standard InChI is InChI=1S/C16H21NO5/c1-2-14(16(19)20)17-15(18)11-5-3-6-12(9-11)22-10-13-7-4-8-21-13/h3,5-6,9,13-14H,2,4,7-8,10H2,1H3,(H,17,18)(H,19,20). The summed E-state index contributed by atoms with van der Waals surface area (Å²) in [6, 6.07) is 5.83. The van der Waals surface area contributed by atoms with Crippen LogP contribution in [0.1, 0.15) is 36.5 Å². The lowest BCUT2D eigenvalue weighted by Crippen LogP contribution is -2.40. The fourth-order valence-electron chi connectivity index (χ4n) is 2.27. The van der Waals surface area contributed by atoms with Gasteiger partial charge in [0.25, 0.3) is 5.91 Å². The zero-order valence-electron chi connectivity index (χ0n) is 12.6. The summed E-state index contributed by atoms with van der Waals surface area (Å²) in [5.41, 5.74) is 0.379. The molecule has 1 fully saturated rings. The second-order valence-corrected chi connectivity index (χ2v) is 5.25. The minimum Gasteiger partial charge on any atom is -0.491 e. The van der Waals surface area contributed by atoms with E-state index in [1.54, 1.807) is 31.2 Å². The molecular weight excluding hydrogens is 286 g/mol. The average Bonchev–Trinajstić information content (AvgIpc) is 3.03. The molecule has 2 unspecified atom stereocenters. The third-order valence-corrected chi connectivity index (χ3v) is 3.57. The number of rotatable bonds is 7. The van der Waals surface area contributed by atoms with E-state index in [9.17, 15) is 9.59 Å². The van der Waals surface area contributed by atoms with Crippen LogP contribution in [0.25, 0.3) is 0 Å². The molecule has 1 heterocycles. The third-order valence-electron chi connectivity index (χ3n) is 3.57. The van der Waals surface area contributed by atoms with Gasteiger partial charge in [0.15, 0.2) is 0 Å². The maximum absolute atomic E-state index is 12.1. The maximum atomic E-state index is 12.1. The lowest BCUT2D eigenvalue weighted by molar-refractivity contribution is -0.139. The Hall–Kier alpha value is -2.08. The molecule has 0 aromatic heterocycles. The van der Waals surface area contributed by atoms with Crippen molar-refractivity contribution in [1.29, 1.82) is 0 Å². The van der Waals surface area contributed by atoms with Crippen LogP contribution in [0.15, 0.2) is 24.3 Å². The van der Waals surface area contributed by atoms with Gasteiger partial charge in [-0.2, -0.15) is 0 Å². The average molecular weight is 307 g/mol. The number of hydrogen-bond donors (Lipinski definition) is 2. The number of amides is 1. The Bertz CT molecular complexity index is 525. The quantitative estimate of drug-likeness (QED) is 0.803. The fraction of sp³-hybridized carbons (Fsp3) is 0.500. The molecule has 0 bridgehead atoms. The predicted molar refractivity (Wildman–Crippen MR) is 80.1 cm³/mol. The van der Waals surface area contributed by atoms with Crippen molar-refractivity contribution in [2.24, 2.45) is 0 Å². The number of hydrogen-bond acceptors (Lipinski definition) is 4. The number of carboxylic acids is 1. The largest absolute Gasteiger partial charge is 0.491 e. The summed E-state index contributed by atoms with van der Waals surface area (Å²) >= 11 is 0. The maximum Gasteiger partial charge on any atom is 0.326 e. The molecule has 2 atom stereocenters. The van der Waals surface area contributed by atoms with Crippen molar-refractivity contribution in [3.05, 3.63) is 29.8 Å². The van der Waals surface area contributed by atoms with Gasteiger partial charge in [0.2, 0.25) is 0 Å². The van der Waals surface area contributed by atoms with Crippen LogP contribution in [0.4, 0.5) is 0 Å². The van der Waals surface area contributed by atoms with Crippen LogP contribution < -0.4 is 10.1 Å². The smallest absolute Gasteiger partial charge is 0.326 e. The Balaban J connectivity index is 1.94. The zero-order valence-corrected chi connectivity index (χ0v) is 12.6. The number of nitrogens with one attached hydrogen (secondary N) is 1. The van der Waals surface area contributed by atoms with Crippen LogP contribution >= 0.6 is 0 Å². The van der Waals surface area contributed by atoms with Crippen molar-refractivity contribution in [1.82, 2.24) is 5.32 Å². The van der Waals surface area contributed by atoms with Gasteiger partial charge in [-0.3, -0.25) is 4.79 Å². The molecule has 1 aliphatic rings. The monoisotopic (exact) mass is 307 g/mol. The normalized spacial score (nSPS) is 18.7. The molecule has 1 aromatic rings. The molecule has 0 spiro atoms. The van der Waals surface area contributed by atoms with E-state index in [0.29, 0.717) is 24.3 Å². The second kappa shape index (κ2) is 7.79. The molecule has 22 heavy (non-hydrogen) atoms. The molecule has 6 nitrogen and oxygen atoms in total. The molecule has 1 saturated heterocycles. The SMILES string of the molecule is CCC(NC(=O)c1cccc(OCC2CCCO2)c1)C(=O)O. The van der Waals surface area contributed by atoms with Gasteiger partial charge in [0.05, 0.1) is 6.10 Å². The Kier molecular flexibility index (Phi) is 5.77. The van der Waals surface area contributed by atoms with Crippen molar-refractivity contribution in [2.75, 3.05) is 13.2 Å². The van der Waals surface area contributed by atoms with E-state index in [0.717, 1.165) is 19.4 Å².